The molecule has 0 spiro atoms. The average molecular weight is 235 g/mol. The molecule has 4 heteroatoms. The summed E-state index contributed by atoms with van der Waals surface area (Å²) in [4.78, 5) is 6.99. The van der Waals surface area contributed by atoms with Crippen LogP contribution in [0.2, 0.25) is 0 Å². The first-order chi connectivity index (χ1) is 8.24. The Morgan fingerprint density at radius 3 is 3.12 bits per heavy atom. The summed E-state index contributed by atoms with van der Waals surface area (Å²) in [5.41, 5.74) is 1.30. The van der Waals surface area contributed by atoms with E-state index >= 15 is 0 Å². The molecule has 0 saturated carbocycles. The van der Waals surface area contributed by atoms with Crippen molar-refractivity contribution in [3.8, 4) is 0 Å². The number of aliphatic hydroxyl groups excluding tert-OH is 1. The van der Waals surface area contributed by atoms with E-state index in [-0.39, 0.29) is 6.10 Å². The molecule has 0 radical (unpaired) electrons. The van der Waals surface area contributed by atoms with Gasteiger partial charge in [0.2, 0.25) is 0 Å². The van der Waals surface area contributed by atoms with Crippen LogP contribution >= 0.6 is 0 Å². The second-order valence-electron chi connectivity index (χ2n) is 5.45. The number of likely N-dealkylation sites (N-methyl/N-ethyl adjacent to an activating group) is 1. The number of aliphatic hydroxyl groups is 1. The number of nitrogens with zero attached hydrogens (tertiary/aromatic N) is 3. The largest absolute Gasteiger partial charge is 0.391 e. The normalized spacial score (nSPS) is 29.5. The first-order valence-electron chi connectivity index (χ1n) is 6.65. The standard InChI is InChI=1S/C13H21N3O/c1-15-6-2-3-10(15)7-13-14-8-11-4-5-12(17)9-16(11)13/h8,10,12,17H,2-7,9H2,1H3. The third-order valence-corrected chi connectivity index (χ3v) is 4.24. The molecule has 1 aromatic heterocycles. The zero-order valence-corrected chi connectivity index (χ0v) is 10.5. The van der Waals surface area contributed by atoms with Gasteiger partial charge in [0.05, 0.1) is 12.6 Å². The van der Waals surface area contributed by atoms with Gasteiger partial charge in [-0.15, -0.1) is 0 Å². The summed E-state index contributed by atoms with van der Waals surface area (Å²) in [5.74, 6) is 1.16. The molecule has 1 N–H and O–H groups in total. The van der Waals surface area contributed by atoms with Crippen LogP contribution < -0.4 is 0 Å². The second-order valence-corrected chi connectivity index (χ2v) is 5.45. The molecule has 94 valence electrons. The number of hydrogen-bond donors (Lipinski definition) is 1. The minimum atomic E-state index is -0.184. The summed E-state index contributed by atoms with van der Waals surface area (Å²) < 4.78 is 2.24. The van der Waals surface area contributed by atoms with E-state index in [1.807, 2.05) is 6.20 Å². The highest BCUT2D eigenvalue weighted by Gasteiger charge is 2.25. The van der Waals surface area contributed by atoms with Crippen molar-refractivity contribution in [2.45, 2.75) is 50.8 Å². The summed E-state index contributed by atoms with van der Waals surface area (Å²) in [6.45, 7) is 1.95. The molecule has 0 aromatic carbocycles. The third kappa shape index (κ3) is 2.11. The molecule has 0 amide bonds. The Hall–Kier alpha value is -0.870. The summed E-state index contributed by atoms with van der Waals surface area (Å²) in [7, 11) is 2.20. The van der Waals surface area contributed by atoms with Crippen molar-refractivity contribution >= 4 is 0 Å². The molecule has 1 saturated heterocycles. The van der Waals surface area contributed by atoms with Crippen molar-refractivity contribution in [3.63, 3.8) is 0 Å². The van der Waals surface area contributed by atoms with E-state index in [0.717, 1.165) is 31.6 Å². The number of aryl methyl sites for hydroxylation is 1. The minimum Gasteiger partial charge on any atom is -0.391 e. The van der Waals surface area contributed by atoms with Crippen molar-refractivity contribution in [2.24, 2.45) is 0 Å². The molecule has 2 aliphatic rings. The van der Waals surface area contributed by atoms with Crippen LogP contribution in [0.1, 0.15) is 30.8 Å². The highest BCUT2D eigenvalue weighted by molar-refractivity contribution is 5.10. The Morgan fingerprint density at radius 2 is 2.35 bits per heavy atom. The summed E-state index contributed by atoms with van der Waals surface area (Å²) in [6, 6.07) is 0.639. The summed E-state index contributed by atoms with van der Waals surface area (Å²) in [6.07, 6.45) is 7.28. The fraction of sp³-hybridized carbons (Fsp3) is 0.769. The van der Waals surface area contributed by atoms with E-state index in [1.54, 1.807) is 0 Å². The van der Waals surface area contributed by atoms with E-state index in [2.05, 4.69) is 21.5 Å². The number of hydrogen-bond acceptors (Lipinski definition) is 3. The second kappa shape index (κ2) is 4.42. The zero-order chi connectivity index (χ0) is 11.8. The van der Waals surface area contributed by atoms with E-state index < -0.39 is 0 Å². The summed E-state index contributed by atoms with van der Waals surface area (Å²) in [5, 5.41) is 9.75. The number of likely N-dealkylation sites (tertiary alicyclic amines) is 1. The number of rotatable bonds is 2. The quantitative estimate of drug-likeness (QED) is 0.825. The molecule has 3 heterocycles. The van der Waals surface area contributed by atoms with Crippen LogP contribution in [0.4, 0.5) is 0 Å². The lowest BCUT2D eigenvalue weighted by Gasteiger charge is -2.24. The molecule has 2 atom stereocenters. The predicted molar refractivity (Wildman–Crippen MR) is 65.9 cm³/mol. The average Bonchev–Trinajstić information content (AvgIpc) is 2.88. The van der Waals surface area contributed by atoms with Crippen LogP contribution in [-0.2, 0) is 19.4 Å². The van der Waals surface area contributed by atoms with Crippen LogP contribution in [0.5, 0.6) is 0 Å². The van der Waals surface area contributed by atoms with Gasteiger partial charge in [-0.05, 0) is 39.3 Å². The van der Waals surface area contributed by atoms with Gasteiger partial charge < -0.3 is 14.6 Å². The lowest BCUT2D eigenvalue weighted by atomic mass is 10.1. The number of imidazole rings is 1. The van der Waals surface area contributed by atoms with Crippen molar-refractivity contribution in [1.82, 2.24) is 14.5 Å². The van der Waals surface area contributed by atoms with Gasteiger partial charge in [0.15, 0.2) is 0 Å². The molecule has 2 aliphatic heterocycles. The molecule has 0 aliphatic carbocycles. The van der Waals surface area contributed by atoms with Crippen molar-refractivity contribution < 1.29 is 5.11 Å². The molecular weight excluding hydrogens is 214 g/mol. The first kappa shape index (κ1) is 11.2. The molecule has 1 aromatic rings. The topological polar surface area (TPSA) is 41.3 Å². The van der Waals surface area contributed by atoms with Crippen molar-refractivity contribution in [2.75, 3.05) is 13.6 Å². The first-order valence-corrected chi connectivity index (χ1v) is 6.65. The Labute approximate surface area is 102 Å². The fourth-order valence-corrected chi connectivity index (χ4v) is 3.10. The smallest absolute Gasteiger partial charge is 0.110 e. The Balaban J connectivity index is 1.77. The number of aromatic nitrogens is 2. The molecule has 0 bridgehead atoms. The monoisotopic (exact) mass is 235 g/mol. The number of fused-ring (bicyclic) bond motifs is 1. The fourth-order valence-electron chi connectivity index (χ4n) is 3.10. The van der Waals surface area contributed by atoms with Crippen molar-refractivity contribution in [1.29, 1.82) is 0 Å². The van der Waals surface area contributed by atoms with Gasteiger partial charge in [0, 0.05) is 24.4 Å². The van der Waals surface area contributed by atoms with Crippen LogP contribution in [0.15, 0.2) is 6.20 Å². The van der Waals surface area contributed by atoms with Crippen molar-refractivity contribution in [3.05, 3.63) is 17.7 Å². The van der Waals surface area contributed by atoms with Gasteiger partial charge in [-0.25, -0.2) is 4.98 Å². The lowest BCUT2D eigenvalue weighted by Crippen LogP contribution is -2.30. The Morgan fingerprint density at radius 1 is 1.47 bits per heavy atom. The summed E-state index contributed by atoms with van der Waals surface area (Å²) >= 11 is 0. The maximum absolute atomic E-state index is 9.75. The van der Waals surface area contributed by atoms with Gasteiger partial charge in [-0.3, -0.25) is 0 Å². The third-order valence-electron chi connectivity index (χ3n) is 4.24. The maximum Gasteiger partial charge on any atom is 0.110 e. The Kier molecular flexibility index (Phi) is 2.92. The van der Waals surface area contributed by atoms with Gasteiger partial charge in [0.25, 0.3) is 0 Å². The molecule has 1 fully saturated rings. The molecule has 4 nitrogen and oxygen atoms in total. The van der Waals surface area contributed by atoms with Crippen LogP contribution in [0.3, 0.4) is 0 Å². The van der Waals surface area contributed by atoms with Gasteiger partial charge in [-0.1, -0.05) is 0 Å². The van der Waals surface area contributed by atoms with E-state index in [9.17, 15) is 5.11 Å². The maximum atomic E-state index is 9.75. The van der Waals surface area contributed by atoms with Crippen LogP contribution in [0.25, 0.3) is 0 Å². The van der Waals surface area contributed by atoms with Crippen LogP contribution in [-0.4, -0.2) is 45.3 Å². The Bertz CT molecular complexity index is 401. The van der Waals surface area contributed by atoms with E-state index in [4.69, 9.17) is 0 Å². The lowest BCUT2D eigenvalue weighted by molar-refractivity contribution is 0.129. The van der Waals surface area contributed by atoms with Crippen LogP contribution in [0, 0.1) is 0 Å². The minimum absolute atomic E-state index is 0.184. The zero-order valence-electron chi connectivity index (χ0n) is 10.5. The van der Waals surface area contributed by atoms with Gasteiger partial charge in [-0.2, -0.15) is 0 Å². The van der Waals surface area contributed by atoms with E-state index in [1.165, 1.54) is 25.1 Å². The molecule has 2 unspecified atom stereocenters. The van der Waals surface area contributed by atoms with E-state index in [0.29, 0.717) is 6.04 Å². The highest BCUT2D eigenvalue weighted by Crippen LogP contribution is 2.22. The SMILES string of the molecule is CN1CCCC1Cc1ncc2n1CC(O)CC2. The van der Waals surface area contributed by atoms with Gasteiger partial charge >= 0.3 is 0 Å². The molecule has 3 rings (SSSR count). The molecular formula is C13H21N3O. The highest BCUT2D eigenvalue weighted by atomic mass is 16.3. The molecule has 17 heavy (non-hydrogen) atoms. The predicted octanol–water partition coefficient (Wildman–Crippen LogP) is 0.827. The van der Waals surface area contributed by atoms with Gasteiger partial charge in [0.1, 0.15) is 5.82 Å².